The van der Waals surface area contributed by atoms with Gasteiger partial charge >= 0.3 is 0 Å². The highest BCUT2D eigenvalue weighted by atomic mass is 15.3. The van der Waals surface area contributed by atoms with Gasteiger partial charge < -0.3 is 9.80 Å². The summed E-state index contributed by atoms with van der Waals surface area (Å²) in [6, 6.07) is 0. The summed E-state index contributed by atoms with van der Waals surface area (Å²) in [5, 5.41) is 8.31. The van der Waals surface area contributed by atoms with Crippen LogP contribution in [0.15, 0.2) is 0 Å². The van der Waals surface area contributed by atoms with Crippen LogP contribution in [0.25, 0.3) is 0 Å². The fourth-order valence-corrected chi connectivity index (χ4v) is 2.94. The Morgan fingerprint density at radius 2 is 1.69 bits per heavy atom. The molecule has 0 amide bonds. The van der Waals surface area contributed by atoms with Crippen LogP contribution < -0.4 is 0 Å². The highest BCUT2D eigenvalue weighted by Crippen LogP contribution is 2.25. The van der Waals surface area contributed by atoms with Crippen molar-refractivity contribution in [2.75, 3.05) is 32.7 Å². The molecule has 1 N–H and O–H groups in total. The summed E-state index contributed by atoms with van der Waals surface area (Å²) >= 11 is 0. The average Bonchev–Trinajstić information content (AvgIpc) is 2.39. The lowest BCUT2D eigenvalue weighted by molar-refractivity contribution is 0.182. The molecule has 2 aliphatic rings. The van der Waals surface area contributed by atoms with Crippen LogP contribution in [0.4, 0.5) is 0 Å². The van der Waals surface area contributed by atoms with Gasteiger partial charge in [-0.15, -0.1) is 0 Å². The van der Waals surface area contributed by atoms with Crippen LogP contribution in [0.3, 0.4) is 0 Å². The molecule has 1 heterocycles. The number of piperazine rings is 1. The maximum absolute atomic E-state index is 8.31. The van der Waals surface area contributed by atoms with Gasteiger partial charge in [0.25, 0.3) is 0 Å². The minimum atomic E-state index is 0.571. The molecule has 0 aromatic carbocycles. The van der Waals surface area contributed by atoms with E-state index in [1.807, 2.05) is 0 Å². The molecular weight excluding hydrogens is 198 g/mol. The Balaban J connectivity index is 1.81. The van der Waals surface area contributed by atoms with Crippen molar-refractivity contribution in [3.05, 3.63) is 0 Å². The molecule has 0 atom stereocenters. The van der Waals surface area contributed by atoms with Crippen molar-refractivity contribution >= 4 is 5.84 Å². The van der Waals surface area contributed by atoms with Crippen molar-refractivity contribution in [1.82, 2.24) is 9.80 Å². The standard InChI is InChI=1S/C13H25N3/c1-2-15-8-10-16(11-9-15)13(14)12-6-4-3-5-7-12/h12,14H,2-11H2,1H3. The molecule has 0 spiro atoms. The zero-order chi connectivity index (χ0) is 11.4. The van der Waals surface area contributed by atoms with Crippen LogP contribution in [0.2, 0.25) is 0 Å². The zero-order valence-corrected chi connectivity index (χ0v) is 10.5. The fraction of sp³-hybridized carbons (Fsp3) is 0.923. The van der Waals surface area contributed by atoms with Gasteiger partial charge in [-0.05, 0) is 19.4 Å². The molecule has 3 nitrogen and oxygen atoms in total. The summed E-state index contributed by atoms with van der Waals surface area (Å²) < 4.78 is 0. The smallest absolute Gasteiger partial charge is 0.0990 e. The molecule has 1 aliphatic heterocycles. The highest BCUT2D eigenvalue weighted by Gasteiger charge is 2.24. The van der Waals surface area contributed by atoms with Gasteiger partial charge in [-0.2, -0.15) is 0 Å². The molecule has 2 rings (SSSR count). The van der Waals surface area contributed by atoms with Gasteiger partial charge in [-0.25, -0.2) is 0 Å². The molecule has 1 saturated heterocycles. The number of rotatable bonds is 2. The Kier molecular flexibility index (Phi) is 4.22. The lowest BCUT2D eigenvalue weighted by Crippen LogP contribution is -2.50. The van der Waals surface area contributed by atoms with Crippen molar-refractivity contribution in [3.8, 4) is 0 Å². The van der Waals surface area contributed by atoms with Gasteiger partial charge in [0.2, 0.25) is 0 Å². The predicted octanol–water partition coefficient (Wildman–Crippen LogP) is 2.18. The molecule has 2 fully saturated rings. The SMILES string of the molecule is CCN1CCN(C(=N)C2CCCCC2)CC1. The summed E-state index contributed by atoms with van der Waals surface area (Å²) in [7, 11) is 0. The number of nitrogens with one attached hydrogen (secondary N) is 1. The maximum Gasteiger partial charge on any atom is 0.0990 e. The van der Waals surface area contributed by atoms with E-state index in [9.17, 15) is 0 Å². The largest absolute Gasteiger partial charge is 0.358 e. The third kappa shape index (κ3) is 2.76. The number of hydrogen-bond donors (Lipinski definition) is 1. The third-order valence-corrected chi connectivity index (χ3v) is 4.15. The lowest BCUT2D eigenvalue weighted by Gasteiger charge is -2.38. The van der Waals surface area contributed by atoms with Crippen LogP contribution in [-0.4, -0.2) is 48.4 Å². The molecular formula is C13H25N3. The van der Waals surface area contributed by atoms with E-state index >= 15 is 0 Å². The van der Waals surface area contributed by atoms with E-state index in [1.54, 1.807) is 0 Å². The van der Waals surface area contributed by atoms with Crippen LogP contribution in [0.1, 0.15) is 39.0 Å². The van der Waals surface area contributed by atoms with E-state index in [-0.39, 0.29) is 0 Å². The second-order valence-corrected chi connectivity index (χ2v) is 5.14. The molecule has 0 aromatic rings. The highest BCUT2D eigenvalue weighted by molar-refractivity contribution is 5.81. The fourth-order valence-electron chi connectivity index (χ4n) is 2.94. The van der Waals surface area contributed by atoms with Crippen LogP contribution in [0, 0.1) is 11.3 Å². The first-order chi connectivity index (χ1) is 7.81. The van der Waals surface area contributed by atoms with Crippen molar-refractivity contribution in [1.29, 1.82) is 5.41 Å². The number of amidine groups is 1. The van der Waals surface area contributed by atoms with Gasteiger partial charge in [-0.3, -0.25) is 5.41 Å². The Bertz CT molecular complexity index is 225. The van der Waals surface area contributed by atoms with Gasteiger partial charge in [0.1, 0.15) is 0 Å². The Hall–Kier alpha value is -0.570. The first-order valence-electron chi connectivity index (χ1n) is 6.87. The summed E-state index contributed by atoms with van der Waals surface area (Å²) in [5.41, 5.74) is 0. The van der Waals surface area contributed by atoms with Crippen molar-refractivity contribution in [2.24, 2.45) is 5.92 Å². The van der Waals surface area contributed by atoms with E-state index in [4.69, 9.17) is 5.41 Å². The summed E-state index contributed by atoms with van der Waals surface area (Å²) in [5.74, 6) is 1.51. The molecule has 1 saturated carbocycles. The molecule has 16 heavy (non-hydrogen) atoms. The Morgan fingerprint density at radius 1 is 1.06 bits per heavy atom. The summed E-state index contributed by atoms with van der Waals surface area (Å²) in [4.78, 5) is 4.80. The van der Waals surface area contributed by atoms with E-state index in [1.165, 1.54) is 32.1 Å². The molecule has 3 heteroatoms. The van der Waals surface area contributed by atoms with E-state index < -0.39 is 0 Å². The van der Waals surface area contributed by atoms with Crippen LogP contribution in [0.5, 0.6) is 0 Å². The molecule has 1 aliphatic carbocycles. The molecule has 92 valence electrons. The van der Waals surface area contributed by atoms with E-state index in [0.717, 1.165) is 38.6 Å². The second-order valence-electron chi connectivity index (χ2n) is 5.14. The number of nitrogens with zero attached hydrogens (tertiary/aromatic N) is 2. The molecule has 0 bridgehead atoms. The first kappa shape index (κ1) is 11.9. The van der Waals surface area contributed by atoms with Crippen LogP contribution >= 0.6 is 0 Å². The summed E-state index contributed by atoms with van der Waals surface area (Å²) in [6.07, 6.45) is 6.57. The predicted molar refractivity (Wildman–Crippen MR) is 68.0 cm³/mol. The minimum absolute atomic E-state index is 0.571. The van der Waals surface area contributed by atoms with Gasteiger partial charge in [0.05, 0.1) is 5.84 Å². The Morgan fingerprint density at radius 3 is 2.25 bits per heavy atom. The quantitative estimate of drug-likeness (QED) is 0.574. The van der Waals surface area contributed by atoms with Crippen molar-refractivity contribution in [3.63, 3.8) is 0 Å². The molecule has 0 radical (unpaired) electrons. The van der Waals surface area contributed by atoms with E-state index in [0.29, 0.717) is 5.92 Å². The zero-order valence-electron chi connectivity index (χ0n) is 10.5. The van der Waals surface area contributed by atoms with Gasteiger partial charge in [0.15, 0.2) is 0 Å². The Labute approximate surface area is 99.3 Å². The maximum atomic E-state index is 8.31. The van der Waals surface area contributed by atoms with E-state index in [2.05, 4.69) is 16.7 Å². The topological polar surface area (TPSA) is 30.3 Å². The molecule has 0 unspecified atom stereocenters. The van der Waals surface area contributed by atoms with Crippen molar-refractivity contribution in [2.45, 2.75) is 39.0 Å². The lowest BCUT2D eigenvalue weighted by atomic mass is 9.88. The second kappa shape index (κ2) is 5.67. The van der Waals surface area contributed by atoms with Crippen LogP contribution in [-0.2, 0) is 0 Å². The minimum Gasteiger partial charge on any atom is -0.358 e. The average molecular weight is 223 g/mol. The third-order valence-electron chi connectivity index (χ3n) is 4.15. The summed E-state index contributed by atoms with van der Waals surface area (Å²) in [6.45, 7) is 7.82. The number of likely N-dealkylation sites (N-methyl/N-ethyl adjacent to an activating group) is 1. The number of hydrogen-bond acceptors (Lipinski definition) is 2. The molecule has 0 aromatic heterocycles. The van der Waals surface area contributed by atoms with Gasteiger partial charge in [-0.1, -0.05) is 26.2 Å². The normalized spacial score (nSPS) is 24.7. The van der Waals surface area contributed by atoms with Crippen molar-refractivity contribution < 1.29 is 0 Å². The first-order valence-corrected chi connectivity index (χ1v) is 6.87. The monoisotopic (exact) mass is 223 g/mol. The van der Waals surface area contributed by atoms with Gasteiger partial charge in [0, 0.05) is 32.1 Å².